The van der Waals surface area contributed by atoms with Gasteiger partial charge in [-0.15, -0.1) is 0 Å². The third-order valence-electron chi connectivity index (χ3n) is 2.40. The summed E-state index contributed by atoms with van der Waals surface area (Å²) in [7, 11) is -3.18. The molecule has 1 rings (SSSR count). The topological polar surface area (TPSA) is 63.2 Å². The Morgan fingerprint density at radius 2 is 2.00 bits per heavy atom. The van der Waals surface area contributed by atoms with Crippen molar-refractivity contribution in [2.24, 2.45) is 5.92 Å². The summed E-state index contributed by atoms with van der Waals surface area (Å²) in [5, 5.41) is 0. The first-order valence-corrected chi connectivity index (χ1v) is 6.27. The lowest BCUT2D eigenvalue weighted by Crippen LogP contribution is -2.38. The fourth-order valence-electron chi connectivity index (χ4n) is 1.86. The van der Waals surface area contributed by atoms with Gasteiger partial charge < -0.3 is 0 Å². The third kappa shape index (κ3) is 3.08. The molecule has 1 N–H and O–H groups in total. The van der Waals surface area contributed by atoms with Crippen LogP contribution < -0.4 is 4.72 Å². The highest BCUT2D eigenvalue weighted by molar-refractivity contribution is 7.88. The van der Waals surface area contributed by atoms with Gasteiger partial charge in [-0.05, 0) is 19.8 Å². The highest BCUT2D eigenvalue weighted by atomic mass is 32.2. The maximum Gasteiger partial charge on any atom is 0.208 e. The molecule has 0 radical (unpaired) electrons. The van der Waals surface area contributed by atoms with Crippen LogP contribution in [0.2, 0.25) is 0 Å². The van der Waals surface area contributed by atoms with E-state index in [4.69, 9.17) is 0 Å². The highest BCUT2D eigenvalue weighted by Crippen LogP contribution is 2.26. The molecule has 4 nitrogen and oxygen atoms in total. The third-order valence-corrected chi connectivity index (χ3v) is 3.13. The molecule has 13 heavy (non-hydrogen) atoms. The normalized spacial score (nSPS) is 29.1. The molecule has 0 aliphatic heterocycles. The average Bonchev–Trinajstić information content (AvgIpc) is 2.31. The van der Waals surface area contributed by atoms with Crippen molar-refractivity contribution in [3.8, 4) is 0 Å². The molecule has 1 aliphatic rings. The van der Waals surface area contributed by atoms with Crippen molar-refractivity contribution in [1.29, 1.82) is 0 Å². The quantitative estimate of drug-likeness (QED) is 0.720. The van der Waals surface area contributed by atoms with Gasteiger partial charge in [-0.3, -0.25) is 4.79 Å². The van der Waals surface area contributed by atoms with Gasteiger partial charge in [0, 0.05) is 12.0 Å². The van der Waals surface area contributed by atoms with Gasteiger partial charge in [0.05, 0.1) is 6.26 Å². The van der Waals surface area contributed by atoms with Crippen LogP contribution in [0, 0.1) is 5.92 Å². The summed E-state index contributed by atoms with van der Waals surface area (Å²) in [4.78, 5) is 11.1. The van der Waals surface area contributed by atoms with Crippen LogP contribution in [0.15, 0.2) is 0 Å². The van der Waals surface area contributed by atoms with E-state index in [1.807, 2.05) is 0 Å². The van der Waals surface area contributed by atoms with Crippen molar-refractivity contribution in [2.75, 3.05) is 6.26 Å². The van der Waals surface area contributed by atoms with Crippen molar-refractivity contribution in [3.05, 3.63) is 0 Å². The van der Waals surface area contributed by atoms with Crippen LogP contribution in [-0.4, -0.2) is 26.5 Å². The zero-order valence-corrected chi connectivity index (χ0v) is 8.73. The van der Waals surface area contributed by atoms with Gasteiger partial charge in [0.1, 0.15) is 5.78 Å². The van der Waals surface area contributed by atoms with Gasteiger partial charge in [0.2, 0.25) is 10.0 Å². The fourth-order valence-corrected chi connectivity index (χ4v) is 2.69. The molecule has 1 aliphatic carbocycles. The molecule has 0 aromatic heterocycles. The minimum Gasteiger partial charge on any atom is -0.300 e. The Morgan fingerprint density at radius 1 is 1.38 bits per heavy atom. The van der Waals surface area contributed by atoms with Crippen LogP contribution in [0.4, 0.5) is 0 Å². The summed E-state index contributed by atoms with van der Waals surface area (Å²) in [6, 6.07) is -0.174. The Labute approximate surface area is 78.8 Å². The number of rotatable bonds is 3. The first-order chi connectivity index (χ1) is 5.90. The van der Waals surface area contributed by atoms with E-state index in [9.17, 15) is 13.2 Å². The van der Waals surface area contributed by atoms with Crippen LogP contribution in [0.1, 0.15) is 26.2 Å². The molecule has 0 amide bonds. The average molecular weight is 205 g/mol. The summed E-state index contributed by atoms with van der Waals surface area (Å²) in [5.41, 5.74) is 0. The largest absolute Gasteiger partial charge is 0.300 e. The lowest BCUT2D eigenvalue weighted by Gasteiger charge is -2.16. The van der Waals surface area contributed by atoms with Crippen LogP contribution in [0.3, 0.4) is 0 Å². The standard InChI is InChI=1S/C8H15NO3S/c1-6(10)7-4-3-5-8(7)9-13(2,11)12/h7-9H,3-5H2,1-2H3. The SMILES string of the molecule is CC(=O)C1CCCC1NS(C)(=O)=O. The van der Waals surface area contributed by atoms with E-state index in [1.54, 1.807) is 0 Å². The van der Waals surface area contributed by atoms with Crippen molar-refractivity contribution in [1.82, 2.24) is 4.72 Å². The molecule has 0 saturated heterocycles. The van der Waals surface area contributed by atoms with Gasteiger partial charge in [0.15, 0.2) is 0 Å². The number of Topliss-reactive ketones (excluding diaryl/α,β-unsaturated/α-hetero) is 1. The van der Waals surface area contributed by atoms with Crippen molar-refractivity contribution in [2.45, 2.75) is 32.2 Å². The summed E-state index contributed by atoms with van der Waals surface area (Å²) >= 11 is 0. The van der Waals surface area contributed by atoms with Gasteiger partial charge in [-0.25, -0.2) is 13.1 Å². The molecule has 0 aromatic rings. The first kappa shape index (κ1) is 10.7. The van der Waals surface area contributed by atoms with Crippen LogP contribution >= 0.6 is 0 Å². The number of hydrogen-bond donors (Lipinski definition) is 1. The molecular weight excluding hydrogens is 190 g/mol. The minimum absolute atomic E-state index is 0.0821. The van der Waals surface area contributed by atoms with Crippen molar-refractivity contribution < 1.29 is 13.2 Å². The Kier molecular flexibility index (Phi) is 3.08. The number of carbonyl (C=O) groups excluding carboxylic acids is 1. The van der Waals surface area contributed by atoms with Crippen molar-refractivity contribution in [3.63, 3.8) is 0 Å². The molecule has 1 saturated carbocycles. The Bertz CT molecular complexity index is 297. The number of sulfonamides is 1. The predicted octanol–water partition coefficient (Wildman–Crippen LogP) is 0.293. The van der Waals surface area contributed by atoms with Gasteiger partial charge in [-0.1, -0.05) is 6.42 Å². The summed E-state index contributed by atoms with van der Waals surface area (Å²) in [6.07, 6.45) is 3.64. The number of nitrogens with one attached hydrogen (secondary N) is 1. The molecular formula is C8H15NO3S. The molecule has 0 spiro atoms. The summed E-state index contributed by atoms with van der Waals surface area (Å²) in [6.45, 7) is 1.52. The van der Waals surface area contributed by atoms with E-state index in [-0.39, 0.29) is 17.7 Å². The smallest absolute Gasteiger partial charge is 0.208 e. The van der Waals surface area contributed by atoms with Crippen LogP contribution in [0.25, 0.3) is 0 Å². The predicted molar refractivity (Wildman–Crippen MR) is 49.8 cm³/mol. The monoisotopic (exact) mass is 205 g/mol. The van der Waals surface area contributed by atoms with E-state index in [1.165, 1.54) is 6.92 Å². The zero-order chi connectivity index (χ0) is 10.1. The maximum atomic E-state index is 11.1. The fraction of sp³-hybridized carbons (Fsp3) is 0.875. The van der Waals surface area contributed by atoms with E-state index in [2.05, 4.69) is 4.72 Å². The Hall–Kier alpha value is -0.420. The number of hydrogen-bond acceptors (Lipinski definition) is 3. The van der Waals surface area contributed by atoms with Gasteiger partial charge in [0.25, 0.3) is 0 Å². The van der Waals surface area contributed by atoms with E-state index in [0.29, 0.717) is 0 Å². The molecule has 1 fully saturated rings. The molecule has 0 aromatic carbocycles. The second kappa shape index (κ2) is 3.75. The lowest BCUT2D eigenvalue weighted by molar-refractivity contribution is -0.120. The molecule has 0 bridgehead atoms. The molecule has 2 atom stereocenters. The molecule has 76 valence electrons. The molecule has 5 heteroatoms. The van der Waals surface area contributed by atoms with E-state index >= 15 is 0 Å². The van der Waals surface area contributed by atoms with Crippen molar-refractivity contribution >= 4 is 15.8 Å². The minimum atomic E-state index is -3.18. The Balaban J connectivity index is 2.64. The molecule has 2 unspecified atom stereocenters. The van der Waals surface area contributed by atoms with E-state index in [0.717, 1.165) is 25.5 Å². The van der Waals surface area contributed by atoms with E-state index < -0.39 is 10.0 Å². The van der Waals surface area contributed by atoms with Gasteiger partial charge in [-0.2, -0.15) is 0 Å². The maximum absolute atomic E-state index is 11.1. The second-order valence-corrected chi connectivity index (χ2v) is 5.42. The van der Waals surface area contributed by atoms with Gasteiger partial charge >= 0.3 is 0 Å². The number of ketones is 1. The Morgan fingerprint density at radius 3 is 2.46 bits per heavy atom. The highest BCUT2D eigenvalue weighted by Gasteiger charge is 2.32. The second-order valence-electron chi connectivity index (χ2n) is 3.64. The molecule has 0 heterocycles. The zero-order valence-electron chi connectivity index (χ0n) is 7.91. The first-order valence-electron chi connectivity index (χ1n) is 4.38. The lowest BCUT2D eigenvalue weighted by atomic mass is 10.0. The van der Waals surface area contributed by atoms with Crippen LogP contribution in [-0.2, 0) is 14.8 Å². The summed E-state index contributed by atoms with van der Waals surface area (Å²) in [5.74, 6) is -0.0339. The van der Waals surface area contributed by atoms with Crippen LogP contribution in [0.5, 0.6) is 0 Å². The summed E-state index contributed by atoms with van der Waals surface area (Å²) < 4.78 is 24.4. The number of carbonyl (C=O) groups is 1.